The summed E-state index contributed by atoms with van der Waals surface area (Å²) in [6, 6.07) is 17.1. The molecule has 0 bridgehead atoms. The molecule has 0 heterocycles. The molecule has 36 heavy (non-hydrogen) atoms. The van der Waals surface area contributed by atoms with E-state index in [-0.39, 0.29) is 25.2 Å². The maximum atomic E-state index is 12.2. The van der Waals surface area contributed by atoms with E-state index < -0.39 is 18.5 Å². The van der Waals surface area contributed by atoms with Gasteiger partial charge >= 0.3 is 5.97 Å². The smallest absolute Gasteiger partial charge is 0.306 e. The lowest BCUT2D eigenvalue weighted by atomic mass is 10.2. The number of halogens is 3. The van der Waals surface area contributed by atoms with Gasteiger partial charge in [-0.3, -0.25) is 14.4 Å². The molecular formula is C26H23BrCl2N2O5. The third kappa shape index (κ3) is 8.86. The molecule has 0 aromatic heterocycles. The van der Waals surface area contributed by atoms with Crippen LogP contribution in [0.4, 0.5) is 11.4 Å². The summed E-state index contributed by atoms with van der Waals surface area (Å²) in [7, 11) is 0. The first kappa shape index (κ1) is 27.5. The van der Waals surface area contributed by atoms with Crippen molar-refractivity contribution in [2.75, 3.05) is 17.2 Å². The predicted molar refractivity (Wildman–Crippen MR) is 144 cm³/mol. The number of ether oxygens (including phenoxy) is 2. The van der Waals surface area contributed by atoms with Crippen molar-refractivity contribution in [2.45, 2.75) is 26.2 Å². The van der Waals surface area contributed by atoms with Gasteiger partial charge in [0.2, 0.25) is 5.91 Å². The van der Waals surface area contributed by atoms with Crippen LogP contribution in [0, 0.1) is 6.92 Å². The fourth-order valence-electron chi connectivity index (χ4n) is 3.08. The summed E-state index contributed by atoms with van der Waals surface area (Å²) in [6.07, 6.45) is 0.430. The highest BCUT2D eigenvalue weighted by Crippen LogP contribution is 2.32. The van der Waals surface area contributed by atoms with Crippen molar-refractivity contribution in [3.63, 3.8) is 0 Å². The van der Waals surface area contributed by atoms with Crippen LogP contribution >= 0.6 is 39.1 Å². The van der Waals surface area contributed by atoms with Gasteiger partial charge in [-0.05, 0) is 79.6 Å². The van der Waals surface area contributed by atoms with Gasteiger partial charge < -0.3 is 20.1 Å². The van der Waals surface area contributed by atoms with Crippen LogP contribution in [0.3, 0.4) is 0 Å². The van der Waals surface area contributed by atoms with E-state index in [4.69, 9.17) is 32.7 Å². The molecule has 188 valence electrons. The van der Waals surface area contributed by atoms with Crippen LogP contribution in [0.25, 0.3) is 0 Å². The minimum Gasteiger partial charge on any atom is -0.456 e. The molecule has 7 nitrogen and oxygen atoms in total. The second kappa shape index (κ2) is 13.3. The van der Waals surface area contributed by atoms with Crippen molar-refractivity contribution in [3.8, 4) is 11.5 Å². The molecule has 3 rings (SSSR count). The van der Waals surface area contributed by atoms with E-state index in [0.717, 1.165) is 10.0 Å². The van der Waals surface area contributed by atoms with Crippen molar-refractivity contribution in [1.29, 1.82) is 0 Å². The fourth-order valence-corrected chi connectivity index (χ4v) is 4.00. The van der Waals surface area contributed by atoms with Crippen LogP contribution in [0.15, 0.2) is 65.1 Å². The molecule has 0 fully saturated rings. The van der Waals surface area contributed by atoms with E-state index in [0.29, 0.717) is 32.9 Å². The lowest BCUT2D eigenvalue weighted by Gasteiger charge is -2.10. The van der Waals surface area contributed by atoms with Crippen LogP contribution in [-0.4, -0.2) is 24.4 Å². The van der Waals surface area contributed by atoms with E-state index in [1.54, 1.807) is 54.6 Å². The molecule has 0 saturated heterocycles. The summed E-state index contributed by atoms with van der Waals surface area (Å²) >= 11 is 15.4. The van der Waals surface area contributed by atoms with E-state index in [2.05, 4.69) is 26.6 Å². The first-order chi connectivity index (χ1) is 17.2. The highest BCUT2D eigenvalue weighted by Gasteiger charge is 2.11. The molecule has 0 spiro atoms. The zero-order valence-electron chi connectivity index (χ0n) is 19.3. The topological polar surface area (TPSA) is 93.7 Å². The minimum atomic E-state index is -0.548. The molecule has 0 atom stereocenters. The van der Waals surface area contributed by atoms with Crippen LogP contribution < -0.4 is 15.4 Å². The number of rotatable bonds is 10. The molecule has 10 heteroatoms. The van der Waals surface area contributed by atoms with Crippen LogP contribution in [-0.2, 0) is 19.1 Å². The SMILES string of the molecule is Cc1cc(Br)ccc1NC(=O)COC(=O)CCCC(=O)Nc1ccc(Oc2ccc(Cl)cc2Cl)cc1. The molecule has 3 aromatic carbocycles. The lowest BCUT2D eigenvalue weighted by Crippen LogP contribution is -2.21. The normalized spacial score (nSPS) is 10.4. The Morgan fingerprint density at radius 2 is 1.64 bits per heavy atom. The van der Waals surface area contributed by atoms with Gasteiger partial charge in [0.05, 0.1) is 5.02 Å². The second-order valence-corrected chi connectivity index (χ2v) is 9.53. The Morgan fingerprint density at radius 1 is 0.889 bits per heavy atom. The Kier molecular flexibility index (Phi) is 10.2. The largest absolute Gasteiger partial charge is 0.456 e. The average Bonchev–Trinajstić information content (AvgIpc) is 2.82. The molecule has 2 N–H and O–H groups in total. The Balaban J connectivity index is 1.35. The minimum absolute atomic E-state index is 0.0205. The second-order valence-electron chi connectivity index (χ2n) is 7.77. The maximum Gasteiger partial charge on any atom is 0.306 e. The van der Waals surface area contributed by atoms with Crippen molar-refractivity contribution < 1.29 is 23.9 Å². The molecule has 0 aliphatic heterocycles. The Morgan fingerprint density at radius 3 is 2.33 bits per heavy atom. The van der Waals surface area contributed by atoms with E-state index in [1.165, 1.54) is 0 Å². The van der Waals surface area contributed by atoms with E-state index >= 15 is 0 Å². The molecule has 2 amide bonds. The number of benzene rings is 3. The quantitative estimate of drug-likeness (QED) is 0.243. The number of nitrogens with one attached hydrogen (secondary N) is 2. The maximum absolute atomic E-state index is 12.2. The van der Waals surface area contributed by atoms with Gasteiger partial charge in [-0.15, -0.1) is 0 Å². The summed E-state index contributed by atoms with van der Waals surface area (Å²) in [5.41, 5.74) is 2.10. The predicted octanol–water partition coefficient (Wildman–Crippen LogP) is 7.15. The van der Waals surface area contributed by atoms with Crippen molar-refractivity contribution in [2.24, 2.45) is 0 Å². The van der Waals surface area contributed by atoms with Crippen molar-refractivity contribution >= 4 is 68.3 Å². The molecule has 0 saturated carbocycles. The van der Waals surface area contributed by atoms with Crippen LogP contribution in [0.5, 0.6) is 11.5 Å². The summed E-state index contributed by atoms with van der Waals surface area (Å²) in [4.78, 5) is 36.1. The highest BCUT2D eigenvalue weighted by atomic mass is 79.9. The third-order valence-corrected chi connectivity index (χ3v) is 5.90. The summed E-state index contributed by atoms with van der Waals surface area (Å²) < 4.78 is 11.6. The number of anilines is 2. The third-order valence-electron chi connectivity index (χ3n) is 4.87. The van der Waals surface area contributed by atoms with Gasteiger partial charge in [0, 0.05) is 33.7 Å². The fraction of sp³-hybridized carbons (Fsp3) is 0.192. The van der Waals surface area contributed by atoms with Crippen molar-refractivity contribution in [3.05, 3.63) is 80.7 Å². The zero-order chi connectivity index (χ0) is 26.1. The van der Waals surface area contributed by atoms with Crippen LogP contribution in [0.1, 0.15) is 24.8 Å². The van der Waals surface area contributed by atoms with Gasteiger partial charge in [-0.25, -0.2) is 0 Å². The first-order valence-corrected chi connectivity index (χ1v) is 12.5. The summed E-state index contributed by atoms with van der Waals surface area (Å²) in [5, 5.41) is 6.35. The lowest BCUT2D eigenvalue weighted by molar-refractivity contribution is -0.147. The molecular weight excluding hydrogens is 571 g/mol. The van der Waals surface area contributed by atoms with Crippen molar-refractivity contribution in [1.82, 2.24) is 0 Å². The number of carbonyl (C=O) groups excluding carboxylic acids is 3. The van der Waals surface area contributed by atoms with Gasteiger partial charge in [0.25, 0.3) is 5.91 Å². The van der Waals surface area contributed by atoms with Crippen LogP contribution in [0.2, 0.25) is 10.0 Å². The van der Waals surface area contributed by atoms with Gasteiger partial charge in [-0.2, -0.15) is 0 Å². The summed E-state index contributed by atoms with van der Waals surface area (Å²) in [5.74, 6) is -0.226. The standard InChI is InChI=1S/C26H23BrCl2N2O5/c1-16-13-17(27)5-11-22(16)31-25(33)15-35-26(34)4-2-3-24(32)30-19-7-9-20(10-8-19)36-23-12-6-18(28)14-21(23)29/h5-14H,2-4,15H2,1H3,(H,30,32)(H,31,33). The Labute approximate surface area is 227 Å². The number of hydrogen-bond acceptors (Lipinski definition) is 5. The van der Waals surface area contributed by atoms with E-state index in [9.17, 15) is 14.4 Å². The van der Waals surface area contributed by atoms with Gasteiger partial charge in [0.15, 0.2) is 6.61 Å². The number of hydrogen-bond donors (Lipinski definition) is 2. The average molecular weight is 594 g/mol. The molecule has 0 unspecified atom stereocenters. The first-order valence-electron chi connectivity index (χ1n) is 10.9. The van der Waals surface area contributed by atoms with Gasteiger partial charge in [0.1, 0.15) is 11.5 Å². The molecule has 3 aromatic rings. The number of esters is 1. The number of aryl methyl sites for hydroxylation is 1. The Hall–Kier alpha value is -3.07. The summed E-state index contributed by atoms with van der Waals surface area (Å²) in [6.45, 7) is 1.47. The van der Waals surface area contributed by atoms with E-state index in [1.807, 2.05) is 13.0 Å². The monoisotopic (exact) mass is 592 g/mol. The number of amides is 2. The number of carbonyl (C=O) groups is 3. The molecule has 0 aliphatic rings. The molecule has 0 radical (unpaired) electrons. The zero-order valence-corrected chi connectivity index (χ0v) is 22.4. The highest BCUT2D eigenvalue weighted by molar-refractivity contribution is 9.10. The van der Waals surface area contributed by atoms with Gasteiger partial charge in [-0.1, -0.05) is 39.1 Å². The molecule has 0 aliphatic carbocycles. The Bertz CT molecular complexity index is 1250.